The van der Waals surface area contributed by atoms with Crippen molar-refractivity contribution in [1.82, 2.24) is 5.32 Å². The highest BCUT2D eigenvalue weighted by Crippen LogP contribution is 2.24. The first-order valence-electron chi connectivity index (χ1n) is 4.83. The number of thiophene rings is 1. The van der Waals surface area contributed by atoms with Crippen LogP contribution in [0.4, 0.5) is 0 Å². The van der Waals surface area contributed by atoms with Crippen molar-refractivity contribution in [3.63, 3.8) is 0 Å². The predicted octanol–water partition coefficient (Wildman–Crippen LogP) is -0.0233. The van der Waals surface area contributed by atoms with E-state index in [2.05, 4.69) is 5.32 Å². The van der Waals surface area contributed by atoms with Gasteiger partial charge in [0.05, 0.1) is 5.56 Å². The van der Waals surface area contributed by atoms with Crippen LogP contribution >= 0.6 is 11.3 Å². The minimum Gasteiger partial charge on any atom is -0.478 e. The number of rotatable bonds is 5. The number of aromatic carboxylic acids is 1. The van der Waals surface area contributed by atoms with Crippen molar-refractivity contribution in [2.75, 3.05) is 6.54 Å². The number of carbonyl (C=O) groups is 2. The summed E-state index contributed by atoms with van der Waals surface area (Å²) < 4.78 is 0. The van der Waals surface area contributed by atoms with Gasteiger partial charge in [-0.2, -0.15) is 11.3 Å². The summed E-state index contributed by atoms with van der Waals surface area (Å²) in [6.07, 6.45) is -2.58. The Morgan fingerprint density at radius 2 is 2.06 bits per heavy atom. The molecule has 4 N–H and O–H groups in total. The molecule has 0 aliphatic heterocycles. The van der Waals surface area contributed by atoms with E-state index < -0.39 is 18.2 Å². The fourth-order valence-corrected chi connectivity index (χ4v) is 2.13. The summed E-state index contributed by atoms with van der Waals surface area (Å²) in [4.78, 5) is 21.5. The van der Waals surface area contributed by atoms with E-state index >= 15 is 0 Å². The monoisotopic (exact) mass is 259 g/mol. The number of carboxylic acids is 1. The molecule has 0 aromatic carbocycles. The zero-order chi connectivity index (χ0) is 13.0. The zero-order valence-electron chi connectivity index (χ0n) is 9.08. The van der Waals surface area contributed by atoms with E-state index in [1.165, 1.54) is 17.7 Å². The second-order valence-corrected chi connectivity index (χ2v) is 4.24. The zero-order valence-corrected chi connectivity index (χ0v) is 9.90. The largest absolute Gasteiger partial charge is 0.478 e. The highest BCUT2D eigenvalue weighted by atomic mass is 32.1. The summed E-state index contributed by atoms with van der Waals surface area (Å²) in [5.74, 6) is -1.49. The van der Waals surface area contributed by atoms with Gasteiger partial charge in [-0.15, -0.1) is 0 Å². The number of amides is 1. The maximum atomic E-state index is 10.8. The Balaban J connectivity index is 2.74. The van der Waals surface area contributed by atoms with Crippen molar-refractivity contribution >= 4 is 23.2 Å². The van der Waals surface area contributed by atoms with Crippen molar-refractivity contribution in [3.05, 3.63) is 21.9 Å². The molecular formula is C10H13NO5S. The Hall–Kier alpha value is -1.44. The molecular weight excluding hydrogens is 246 g/mol. The van der Waals surface area contributed by atoms with E-state index in [0.29, 0.717) is 0 Å². The molecule has 6 nitrogen and oxygen atoms in total. The summed E-state index contributed by atoms with van der Waals surface area (Å²) >= 11 is 1.13. The van der Waals surface area contributed by atoms with Crippen LogP contribution in [0.25, 0.3) is 0 Å². The molecule has 1 rings (SSSR count). The van der Waals surface area contributed by atoms with Gasteiger partial charge in [-0.25, -0.2) is 4.79 Å². The highest BCUT2D eigenvalue weighted by molar-refractivity contribution is 7.08. The molecule has 0 aliphatic carbocycles. The molecule has 0 bridgehead atoms. The van der Waals surface area contributed by atoms with Crippen LogP contribution in [0, 0.1) is 0 Å². The molecule has 7 heteroatoms. The molecule has 0 fully saturated rings. The third kappa shape index (κ3) is 3.52. The Morgan fingerprint density at radius 1 is 1.41 bits per heavy atom. The lowest BCUT2D eigenvalue weighted by atomic mass is 10.0. The molecule has 1 amide bonds. The van der Waals surface area contributed by atoms with E-state index in [-0.39, 0.29) is 23.6 Å². The van der Waals surface area contributed by atoms with Gasteiger partial charge < -0.3 is 20.6 Å². The average molecular weight is 259 g/mol. The normalized spacial score (nSPS) is 14.1. The van der Waals surface area contributed by atoms with Crippen LogP contribution < -0.4 is 5.32 Å². The number of hydrogen-bond donors (Lipinski definition) is 4. The van der Waals surface area contributed by atoms with Crippen LogP contribution in [0.2, 0.25) is 0 Å². The number of carbonyl (C=O) groups excluding carboxylic acids is 1. The third-order valence-electron chi connectivity index (χ3n) is 2.17. The van der Waals surface area contributed by atoms with Gasteiger partial charge in [0.2, 0.25) is 5.91 Å². The molecule has 0 spiro atoms. The van der Waals surface area contributed by atoms with E-state index in [0.717, 1.165) is 11.3 Å². The number of nitrogens with one attached hydrogen (secondary N) is 1. The van der Waals surface area contributed by atoms with Crippen LogP contribution in [0.5, 0.6) is 0 Å². The van der Waals surface area contributed by atoms with Crippen molar-refractivity contribution in [3.8, 4) is 0 Å². The Morgan fingerprint density at radius 3 is 2.59 bits per heavy atom. The molecule has 1 aromatic heterocycles. The average Bonchev–Trinajstić information content (AvgIpc) is 2.73. The van der Waals surface area contributed by atoms with Gasteiger partial charge in [-0.3, -0.25) is 4.79 Å². The van der Waals surface area contributed by atoms with Crippen LogP contribution in [0.15, 0.2) is 10.8 Å². The second kappa shape index (κ2) is 5.76. The van der Waals surface area contributed by atoms with Crippen LogP contribution in [0.3, 0.4) is 0 Å². The smallest absolute Gasteiger partial charge is 0.336 e. The minimum absolute atomic E-state index is 0.0376. The van der Waals surface area contributed by atoms with Crippen LogP contribution in [-0.4, -0.2) is 39.8 Å². The van der Waals surface area contributed by atoms with E-state index in [1.54, 1.807) is 0 Å². The molecule has 1 heterocycles. The van der Waals surface area contributed by atoms with Gasteiger partial charge in [0.1, 0.15) is 12.2 Å². The Bertz CT molecular complexity index is 417. The molecule has 94 valence electrons. The quantitative estimate of drug-likeness (QED) is 0.594. The van der Waals surface area contributed by atoms with E-state index in [9.17, 15) is 19.8 Å². The molecule has 2 atom stereocenters. The number of hydrogen-bond acceptors (Lipinski definition) is 5. The van der Waals surface area contributed by atoms with Crippen molar-refractivity contribution in [2.24, 2.45) is 0 Å². The molecule has 2 unspecified atom stereocenters. The number of aliphatic hydroxyl groups is 2. The third-order valence-corrected chi connectivity index (χ3v) is 2.93. The lowest BCUT2D eigenvalue weighted by Crippen LogP contribution is -2.34. The summed E-state index contributed by atoms with van der Waals surface area (Å²) in [7, 11) is 0. The van der Waals surface area contributed by atoms with E-state index in [1.807, 2.05) is 0 Å². The van der Waals surface area contributed by atoms with E-state index in [4.69, 9.17) is 5.11 Å². The van der Waals surface area contributed by atoms with Gasteiger partial charge in [-0.05, 0) is 5.38 Å². The van der Waals surface area contributed by atoms with Crippen LogP contribution in [0.1, 0.15) is 28.9 Å². The van der Waals surface area contributed by atoms with Gasteiger partial charge in [0.25, 0.3) is 0 Å². The lowest BCUT2D eigenvalue weighted by Gasteiger charge is -2.17. The first-order chi connectivity index (χ1) is 7.93. The lowest BCUT2D eigenvalue weighted by molar-refractivity contribution is -0.119. The molecule has 0 aliphatic rings. The molecule has 0 saturated heterocycles. The molecule has 0 saturated carbocycles. The van der Waals surface area contributed by atoms with Gasteiger partial charge in [0, 0.05) is 24.4 Å². The van der Waals surface area contributed by atoms with Gasteiger partial charge in [0.15, 0.2) is 0 Å². The second-order valence-electron chi connectivity index (χ2n) is 3.50. The predicted molar refractivity (Wildman–Crippen MR) is 60.9 cm³/mol. The molecule has 0 radical (unpaired) electrons. The van der Waals surface area contributed by atoms with Crippen LogP contribution in [-0.2, 0) is 4.79 Å². The number of carboxylic acid groups (broad SMARTS) is 1. The maximum absolute atomic E-state index is 10.8. The minimum atomic E-state index is -1.33. The maximum Gasteiger partial charge on any atom is 0.336 e. The van der Waals surface area contributed by atoms with Crippen molar-refractivity contribution in [1.29, 1.82) is 0 Å². The number of aliphatic hydroxyl groups excluding tert-OH is 2. The van der Waals surface area contributed by atoms with Crippen molar-refractivity contribution < 1.29 is 24.9 Å². The van der Waals surface area contributed by atoms with Crippen molar-refractivity contribution in [2.45, 2.75) is 19.1 Å². The first kappa shape index (κ1) is 13.6. The summed E-state index contributed by atoms with van der Waals surface area (Å²) in [5, 5.41) is 33.4. The highest BCUT2D eigenvalue weighted by Gasteiger charge is 2.24. The van der Waals surface area contributed by atoms with Gasteiger partial charge in [-0.1, -0.05) is 0 Å². The fourth-order valence-electron chi connectivity index (χ4n) is 1.28. The SMILES string of the molecule is CC(=O)NCC(O)C(O)c1cscc1C(=O)O. The topological polar surface area (TPSA) is 107 Å². The molecule has 17 heavy (non-hydrogen) atoms. The summed E-state index contributed by atoms with van der Waals surface area (Å²) in [5.41, 5.74) is 0.115. The first-order valence-corrected chi connectivity index (χ1v) is 5.77. The summed E-state index contributed by atoms with van der Waals surface area (Å²) in [6, 6.07) is 0. The summed E-state index contributed by atoms with van der Waals surface area (Å²) in [6.45, 7) is 1.15. The fraction of sp³-hybridized carbons (Fsp3) is 0.400. The van der Waals surface area contributed by atoms with Gasteiger partial charge >= 0.3 is 5.97 Å². The standard InChI is InChI=1S/C10H13NO5S/c1-5(12)11-2-8(13)9(14)6-3-17-4-7(6)10(15)16/h3-4,8-9,13-14H,2H2,1H3,(H,11,12)(H,15,16). The Labute approximate surface area is 102 Å². The molecule has 1 aromatic rings. The Kier molecular flexibility index (Phi) is 4.62.